The molecular formula is C25H32N2O3S. The summed E-state index contributed by atoms with van der Waals surface area (Å²) in [4.78, 5) is 31.2. The zero-order valence-corrected chi connectivity index (χ0v) is 18.9. The maximum absolute atomic E-state index is 13.4. The highest BCUT2D eigenvalue weighted by Gasteiger charge is 2.32. The largest absolute Gasteiger partial charge is 0.376 e. The number of carbonyl (C=O) groups is 2. The van der Waals surface area contributed by atoms with E-state index in [9.17, 15) is 9.59 Å². The fraction of sp³-hybridized carbons (Fsp3) is 0.520. The summed E-state index contributed by atoms with van der Waals surface area (Å²) in [5, 5.41) is 2.06. The van der Waals surface area contributed by atoms with Crippen molar-refractivity contribution in [2.24, 2.45) is 5.92 Å². The van der Waals surface area contributed by atoms with E-state index in [1.165, 1.54) is 10.4 Å². The summed E-state index contributed by atoms with van der Waals surface area (Å²) >= 11 is 1.69. The lowest BCUT2D eigenvalue weighted by molar-refractivity contribution is -0.142. The molecule has 1 atom stereocenters. The molecule has 166 valence electrons. The number of ether oxygens (including phenoxy) is 1. The zero-order chi connectivity index (χ0) is 21.5. The highest BCUT2D eigenvalue weighted by atomic mass is 32.1. The van der Waals surface area contributed by atoms with Crippen LogP contribution in [0.2, 0.25) is 0 Å². The van der Waals surface area contributed by atoms with Gasteiger partial charge in [0.2, 0.25) is 11.8 Å². The second kappa shape index (κ2) is 10.9. The van der Waals surface area contributed by atoms with E-state index < -0.39 is 0 Å². The van der Waals surface area contributed by atoms with Crippen molar-refractivity contribution >= 4 is 23.2 Å². The van der Waals surface area contributed by atoms with Crippen LogP contribution in [0.3, 0.4) is 0 Å². The summed E-state index contributed by atoms with van der Waals surface area (Å²) in [7, 11) is 0. The summed E-state index contributed by atoms with van der Waals surface area (Å²) in [5.74, 6) is 0.421. The van der Waals surface area contributed by atoms with Crippen LogP contribution in [0.5, 0.6) is 0 Å². The van der Waals surface area contributed by atoms with E-state index in [1.807, 2.05) is 34.1 Å². The molecule has 2 fully saturated rings. The standard InChI is InChI=1S/C25H32N2O3S/c28-24(11-10-20-6-2-1-3-7-20)26-14-12-21(13-15-26)25(29)27(18-22-8-4-16-30-22)19-23-9-5-17-31-23/h1-3,5-7,9,17,21-22H,4,8,10-16,18-19H2. The highest BCUT2D eigenvalue weighted by molar-refractivity contribution is 7.09. The average Bonchev–Trinajstić information content (AvgIpc) is 3.52. The fourth-order valence-electron chi connectivity index (χ4n) is 4.55. The summed E-state index contributed by atoms with van der Waals surface area (Å²) in [6.07, 6.45) is 5.08. The summed E-state index contributed by atoms with van der Waals surface area (Å²) in [6, 6.07) is 14.3. The molecule has 1 aromatic heterocycles. The van der Waals surface area contributed by atoms with Gasteiger partial charge in [-0.15, -0.1) is 11.3 Å². The van der Waals surface area contributed by atoms with Crippen LogP contribution in [-0.2, 0) is 27.3 Å². The number of benzene rings is 1. The first kappa shape index (κ1) is 22.0. The first-order valence-electron chi connectivity index (χ1n) is 11.4. The maximum atomic E-state index is 13.4. The lowest BCUT2D eigenvalue weighted by Gasteiger charge is -2.35. The minimum absolute atomic E-state index is 0.000427. The van der Waals surface area contributed by atoms with E-state index in [4.69, 9.17) is 4.74 Å². The van der Waals surface area contributed by atoms with Gasteiger partial charge in [-0.1, -0.05) is 36.4 Å². The van der Waals surface area contributed by atoms with Crippen LogP contribution in [-0.4, -0.2) is 54.0 Å². The van der Waals surface area contributed by atoms with Crippen molar-refractivity contribution in [1.82, 2.24) is 9.80 Å². The molecule has 0 bridgehead atoms. The molecule has 0 N–H and O–H groups in total. The lowest BCUT2D eigenvalue weighted by atomic mass is 9.94. The number of thiophene rings is 1. The normalized spacial score (nSPS) is 19.5. The van der Waals surface area contributed by atoms with Gasteiger partial charge < -0.3 is 14.5 Å². The van der Waals surface area contributed by atoms with Gasteiger partial charge in [-0.05, 0) is 49.1 Å². The van der Waals surface area contributed by atoms with Gasteiger partial charge >= 0.3 is 0 Å². The molecular weight excluding hydrogens is 408 g/mol. The predicted molar refractivity (Wildman–Crippen MR) is 123 cm³/mol. The molecule has 1 aromatic carbocycles. The number of rotatable bonds is 8. The Balaban J connectivity index is 1.29. The SMILES string of the molecule is O=C(CCc1ccccc1)N1CCC(C(=O)N(Cc2cccs2)CC2CCCO2)CC1. The van der Waals surface area contributed by atoms with Crippen molar-refractivity contribution < 1.29 is 14.3 Å². The van der Waals surface area contributed by atoms with Crippen LogP contribution in [0, 0.1) is 5.92 Å². The maximum Gasteiger partial charge on any atom is 0.226 e. The lowest BCUT2D eigenvalue weighted by Crippen LogP contribution is -2.46. The average molecular weight is 441 g/mol. The van der Waals surface area contributed by atoms with Crippen molar-refractivity contribution in [2.75, 3.05) is 26.2 Å². The van der Waals surface area contributed by atoms with E-state index >= 15 is 0 Å². The van der Waals surface area contributed by atoms with Crippen molar-refractivity contribution in [3.63, 3.8) is 0 Å². The number of carbonyl (C=O) groups excluding carboxylic acids is 2. The number of hydrogen-bond donors (Lipinski definition) is 0. The Morgan fingerprint density at radius 2 is 1.87 bits per heavy atom. The molecule has 0 saturated carbocycles. The molecule has 0 aliphatic carbocycles. The molecule has 6 heteroatoms. The molecule has 5 nitrogen and oxygen atoms in total. The van der Waals surface area contributed by atoms with Gasteiger partial charge in [0.25, 0.3) is 0 Å². The molecule has 2 saturated heterocycles. The minimum atomic E-state index is -0.000427. The van der Waals surface area contributed by atoms with E-state index in [0.717, 1.165) is 38.7 Å². The molecule has 2 aromatic rings. The van der Waals surface area contributed by atoms with Gasteiger partial charge in [-0.3, -0.25) is 9.59 Å². The van der Waals surface area contributed by atoms with Gasteiger partial charge in [0.15, 0.2) is 0 Å². The Labute approximate surface area is 189 Å². The Hall–Kier alpha value is -2.18. The van der Waals surface area contributed by atoms with E-state index in [0.29, 0.717) is 32.6 Å². The fourth-order valence-corrected chi connectivity index (χ4v) is 5.26. The third kappa shape index (κ3) is 6.17. The summed E-state index contributed by atoms with van der Waals surface area (Å²) in [5.41, 5.74) is 1.19. The Morgan fingerprint density at radius 3 is 2.55 bits per heavy atom. The van der Waals surface area contributed by atoms with E-state index in [2.05, 4.69) is 23.6 Å². The Morgan fingerprint density at radius 1 is 1.06 bits per heavy atom. The Kier molecular flexibility index (Phi) is 7.76. The summed E-state index contributed by atoms with van der Waals surface area (Å²) in [6.45, 7) is 3.49. The zero-order valence-electron chi connectivity index (χ0n) is 18.1. The van der Waals surface area contributed by atoms with Crippen molar-refractivity contribution in [1.29, 1.82) is 0 Å². The van der Waals surface area contributed by atoms with Gasteiger partial charge in [0.05, 0.1) is 12.6 Å². The molecule has 0 radical (unpaired) electrons. The number of likely N-dealkylation sites (tertiary alicyclic amines) is 1. The molecule has 1 unspecified atom stereocenters. The van der Waals surface area contributed by atoms with Crippen molar-refractivity contribution in [3.8, 4) is 0 Å². The quantitative estimate of drug-likeness (QED) is 0.620. The number of nitrogens with zero attached hydrogens (tertiary/aromatic N) is 2. The van der Waals surface area contributed by atoms with Crippen molar-refractivity contribution in [2.45, 2.75) is 51.2 Å². The van der Waals surface area contributed by atoms with Crippen LogP contribution in [0.1, 0.15) is 42.5 Å². The van der Waals surface area contributed by atoms with E-state index in [1.54, 1.807) is 11.3 Å². The van der Waals surface area contributed by atoms with Gasteiger partial charge in [0, 0.05) is 43.5 Å². The molecule has 2 amide bonds. The van der Waals surface area contributed by atoms with E-state index in [-0.39, 0.29) is 23.8 Å². The molecule has 0 spiro atoms. The monoisotopic (exact) mass is 440 g/mol. The number of piperidine rings is 1. The number of amides is 2. The van der Waals surface area contributed by atoms with Crippen LogP contribution >= 0.6 is 11.3 Å². The third-order valence-corrected chi connectivity index (χ3v) is 7.21. The molecule has 2 aliphatic heterocycles. The molecule has 3 heterocycles. The minimum Gasteiger partial charge on any atom is -0.376 e. The molecule has 2 aliphatic rings. The summed E-state index contributed by atoms with van der Waals surface area (Å²) < 4.78 is 5.81. The van der Waals surface area contributed by atoms with Crippen LogP contribution in [0.25, 0.3) is 0 Å². The van der Waals surface area contributed by atoms with Crippen LogP contribution in [0.15, 0.2) is 47.8 Å². The van der Waals surface area contributed by atoms with Gasteiger partial charge in [0.1, 0.15) is 0 Å². The Bertz CT molecular complexity index is 826. The topological polar surface area (TPSA) is 49.9 Å². The van der Waals surface area contributed by atoms with Gasteiger partial charge in [-0.25, -0.2) is 0 Å². The number of aryl methyl sites for hydroxylation is 1. The molecule has 31 heavy (non-hydrogen) atoms. The smallest absolute Gasteiger partial charge is 0.226 e. The first-order chi connectivity index (χ1) is 15.2. The van der Waals surface area contributed by atoms with Gasteiger partial charge in [-0.2, -0.15) is 0 Å². The first-order valence-corrected chi connectivity index (χ1v) is 12.3. The third-order valence-electron chi connectivity index (χ3n) is 6.35. The second-order valence-electron chi connectivity index (χ2n) is 8.57. The highest BCUT2D eigenvalue weighted by Crippen LogP contribution is 2.24. The van der Waals surface area contributed by atoms with Crippen LogP contribution < -0.4 is 0 Å². The number of hydrogen-bond acceptors (Lipinski definition) is 4. The predicted octanol–water partition coefficient (Wildman–Crippen LogP) is 4.13. The molecule has 4 rings (SSSR count). The second-order valence-corrected chi connectivity index (χ2v) is 9.61. The van der Waals surface area contributed by atoms with Crippen molar-refractivity contribution in [3.05, 3.63) is 58.3 Å². The van der Waals surface area contributed by atoms with Crippen LogP contribution in [0.4, 0.5) is 0 Å².